The number of rotatable bonds is 4. The van der Waals surface area contributed by atoms with Crippen molar-refractivity contribution in [3.8, 4) is 0 Å². The largest absolute Gasteiger partial charge is 0.311 e. The maximum Gasteiger partial charge on any atom is 0.229 e. The fraction of sp³-hybridized carbons (Fsp3) is 0.231. The van der Waals surface area contributed by atoms with Crippen LogP contribution in [0.25, 0.3) is 0 Å². The number of alkyl halides is 1. The van der Waals surface area contributed by atoms with Crippen molar-refractivity contribution >= 4 is 23.2 Å². The molecule has 0 aliphatic rings. The minimum atomic E-state index is -0.256. The van der Waals surface area contributed by atoms with Gasteiger partial charge in [-0.3, -0.25) is 0 Å². The minimum Gasteiger partial charge on any atom is -0.311 e. The van der Waals surface area contributed by atoms with Gasteiger partial charge in [0.1, 0.15) is 5.82 Å². The Kier molecular flexibility index (Phi) is 4.10. The summed E-state index contributed by atoms with van der Waals surface area (Å²) in [5.74, 6) is 0.717. The number of benzene rings is 1. The van der Waals surface area contributed by atoms with E-state index in [9.17, 15) is 4.39 Å². The molecule has 0 aliphatic carbocycles. The second kappa shape index (κ2) is 5.78. The molecule has 2 aromatic rings. The smallest absolute Gasteiger partial charge is 0.229 e. The lowest BCUT2D eigenvalue weighted by Gasteiger charge is -2.20. The summed E-state index contributed by atoms with van der Waals surface area (Å²) in [5, 5.41) is 0. The number of halogens is 2. The maximum absolute atomic E-state index is 12.9. The predicted octanol–water partition coefficient (Wildman–Crippen LogP) is 3.51. The number of hydrogen-bond acceptors (Lipinski definition) is 3. The first-order chi connectivity index (χ1) is 8.74. The molecule has 0 aliphatic heterocycles. The van der Waals surface area contributed by atoms with Gasteiger partial charge in [-0.1, -0.05) is 0 Å². The minimum absolute atomic E-state index is 0.256. The molecule has 0 N–H and O–H groups in total. The van der Waals surface area contributed by atoms with Crippen molar-refractivity contribution in [1.82, 2.24) is 9.97 Å². The van der Waals surface area contributed by atoms with E-state index < -0.39 is 0 Å². The van der Waals surface area contributed by atoms with Gasteiger partial charge < -0.3 is 4.90 Å². The SMILES string of the molecule is CCN(c1ccc(F)cc1)c1ncc(CCl)cn1. The first-order valence-electron chi connectivity index (χ1n) is 5.64. The molecule has 0 fully saturated rings. The van der Waals surface area contributed by atoms with Crippen LogP contribution in [-0.2, 0) is 5.88 Å². The Bertz CT molecular complexity index is 499. The van der Waals surface area contributed by atoms with Gasteiger partial charge in [-0.2, -0.15) is 0 Å². The molecular weight excluding hydrogens is 253 g/mol. The summed E-state index contributed by atoms with van der Waals surface area (Å²) in [6.07, 6.45) is 3.39. The molecule has 5 heteroatoms. The van der Waals surface area contributed by atoms with Crippen molar-refractivity contribution in [2.45, 2.75) is 12.8 Å². The zero-order valence-corrected chi connectivity index (χ0v) is 10.7. The van der Waals surface area contributed by atoms with Gasteiger partial charge in [0.25, 0.3) is 0 Å². The summed E-state index contributed by atoms with van der Waals surface area (Å²) in [7, 11) is 0. The van der Waals surface area contributed by atoms with Gasteiger partial charge in [-0.25, -0.2) is 14.4 Å². The summed E-state index contributed by atoms with van der Waals surface area (Å²) in [5.41, 5.74) is 1.73. The van der Waals surface area contributed by atoms with Crippen LogP contribution in [0.1, 0.15) is 12.5 Å². The molecular formula is C13H13ClFN3. The molecule has 0 saturated heterocycles. The van der Waals surface area contributed by atoms with Gasteiger partial charge in [-0.05, 0) is 31.2 Å². The Morgan fingerprint density at radius 1 is 1.17 bits per heavy atom. The lowest BCUT2D eigenvalue weighted by molar-refractivity contribution is 0.627. The highest BCUT2D eigenvalue weighted by atomic mass is 35.5. The van der Waals surface area contributed by atoms with Crippen molar-refractivity contribution in [3.63, 3.8) is 0 Å². The van der Waals surface area contributed by atoms with E-state index in [4.69, 9.17) is 11.6 Å². The summed E-state index contributed by atoms with van der Waals surface area (Å²) in [4.78, 5) is 10.4. The van der Waals surface area contributed by atoms with Crippen LogP contribution in [0, 0.1) is 5.82 Å². The molecule has 0 radical (unpaired) electrons. The van der Waals surface area contributed by atoms with E-state index in [-0.39, 0.29) is 5.82 Å². The third-order valence-electron chi connectivity index (χ3n) is 2.54. The lowest BCUT2D eigenvalue weighted by Crippen LogP contribution is -2.18. The fourth-order valence-electron chi connectivity index (χ4n) is 1.62. The quantitative estimate of drug-likeness (QED) is 0.792. The van der Waals surface area contributed by atoms with Crippen LogP contribution in [0.3, 0.4) is 0 Å². The molecule has 0 saturated carbocycles. The van der Waals surface area contributed by atoms with E-state index in [2.05, 4.69) is 9.97 Å². The first-order valence-corrected chi connectivity index (χ1v) is 6.18. The summed E-state index contributed by atoms with van der Waals surface area (Å²) in [6.45, 7) is 2.69. The third kappa shape index (κ3) is 2.76. The van der Waals surface area contributed by atoms with E-state index in [1.807, 2.05) is 11.8 Å². The lowest BCUT2D eigenvalue weighted by atomic mass is 10.3. The molecule has 18 heavy (non-hydrogen) atoms. The Morgan fingerprint density at radius 2 is 1.78 bits per heavy atom. The zero-order valence-electron chi connectivity index (χ0n) is 9.98. The monoisotopic (exact) mass is 265 g/mol. The predicted molar refractivity (Wildman–Crippen MR) is 70.7 cm³/mol. The Morgan fingerprint density at radius 3 is 2.28 bits per heavy atom. The second-order valence-corrected chi connectivity index (χ2v) is 4.01. The van der Waals surface area contributed by atoms with Gasteiger partial charge in [0, 0.05) is 30.2 Å². The van der Waals surface area contributed by atoms with Crippen molar-refractivity contribution in [2.75, 3.05) is 11.4 Å². The first kappa shape index (κ1) is 12.8. The van der Waals surface area contributed by atoms with Crippen LogP contribution in [0.15, 0.2) is 36.7 Å². The molecule has 0 atom stereocenters. The normalized spacial score (nSPS) is 10.4. The van der Waals surface area contributed by atoms with Crippen LogP contribution >= 0.6 is 11.6 Å². The van der Waals surface area contributed by atoms with Crippen molar-refractivity contribution in [2.24, 2.45) is 0 Å². The molecule has 0 unspecified atom stereocenters. The molecule has 0 amide bonds. The van der Waals surface area contributed by atoms with Gasteiger partial charge in [0.15, 0.2) is 0 Å². The molecule has 0 bridgehead atoms. The van der Waals surface area contributed by atoms with E-state index in [0.717, 1.165) is 11.3 Å². The van der Waals surface area contributed by atoms with E-state index >= 15 is 0 Å². The van der Waals surface area contributed by atoms with Gasteiger partial charge >= 0.3 is 0 Å². The van der Waals surface area contributed by atoms with Crippen LogP contribution in [0.2, 0.25) is 0 Å². The number of anilines is 2. The summed E-state index contributed by atoms with van der Waals surface area (Å²) < 4.78 is 12.9. The number of nitrogens with zero attached hydrogens (tertiary/aromatic N) is 3. The van der Waals surface area contributed by atoms with Crippen molar-refractivity contribution < 1.29 is 4.39 Å². The molecule has 94 valence electrons. The van der Waals surface area contributed by atoms with E-state index in [0.29, 0.717) is 18.4 Å². The number of hydrogen-bond donors (Lipinski definition) is 0. The van der Waals surface area contributed by atoms with E-state index in [1.54, 1.807) is 24.5 Å². The highest BCUT2D eigenvalue weighted by Crippen LogP contribution is 2.21. The van der Waals surface area contributed by atoms with Gasteiger partial charge in [-0.15, -0.1) is 11.6 Å². The summed E-state index contributed by atoms with van der Waals surface area (Å²) in [6, 6.07) is 6.26. The van der Waals surface area contributed by atoms with Gasteiger partial charge in [0.2, 0.25) is 5.95 Å². The molecule has 1 aromatic carbocycles. The Labute approximate surface area is 110 Å². The zero-order chi connectivity index (χ0) is 13.0. The Balaban J connectivity index is 2.29. The molecule has 0 spiro atoms. The Hall–Kier alpha value is -1.68. The van der Waals surface area contributed by atoms with Crippen molar-refractivity contribution in [1.29, 1.82) is 0 Å². The number of aromatic nitrogens is 2. The van der Waals surface area contributed by atoms with E-state index in [1.165, 1.54) is 12.1 Å². The van der Waals surface area contributed by atoms with Gasteiger partial charge in [0.05, 0.1) is 5.88 Å². The molecule has 2 rings (SSSR count). The van der Waals surface area contributed by atoms with Crippen LogP contribution < -0.4 is 4.90 Å². The summed E-state index contributed by atoms with van der Waals surface area (Å²) >= 11 is 5.69. The highest BCUT2D eigenvalue weighted by Gasteiger charge is 2.09. The highest BCUT2D eigenvalue weighted by molar-refractivity contribution is 6.17. The third-order valence-corrected chi connectivity index (χ3v) is 2.85. The van der Waals surface area contributed by atoms with Crippen LogP contribution in [0.4, 0.5) is 16.0 Å². The molecule has 3 nitrogen and oxygen atoms in total. The maximum atomic E-state index is 12.9. The topological polar surface area (TPSA) is 29.0 Å². The van der Waals surface area contributed by atoms with Crippen molar-refractivity contribution in [3.05, 3.63) is 48.0 Å². The molecule has 1 heterocycles. The van der Waals surface area contributed by atoms with Crippen LogP contribution in [0.5, 0.6) is 0 Å². The fourth-order valence-corrected chi connectivity index (χ4v) is 1.75. The van der Waals surface area contributed by atoms with Crippen LogP contribution in [-0.4, -0.2) is 16.5 Å². The molecule has 1 aromatic heterocycles. The average Bonchev–Trinajstić information content (AvgIpc) is 2.42. The average molecular weight is 266 g/mol. The standard InChI is InChI=1S/C13H13ClFN3/c1-2-18(12-5-3-11(15)4-6-12)13-16-8-10(7-14)9-17-13/h3-6,8-9H,2,7H2,1H3. The second-order valence-electron chi connectivity index (χ2n) is 3.75.